The van der Waals surface area contributed by atoms with Crippen LogP contribution in [0, 0.1) is 12.8 Å². The van der Waals surface area contributed by atoms with Crippen molar-refractivity contribution < 1.29 is 14.3 Å². The summed E-state index contributed by atoms with van der Waals surface area (Å²) in [5, 5.41) is 1.02. The van der Waals surface area contributed by atoms with Gasteiger partial charge < -0.3 is 9.47 Å². The molecule has 3 aliphatic rings. The summed E-state index contributed by atoms with van der Waals surface area (Å²) < 4.78 is 11.9. The van der Waals surface area contributed by atoms with Crippen molar-refractivity contribution in [2.45, 2.75) is 25.4 Å². The summed E-state index contributed by atoms with van der Waals surface area (Å²) in [4.78, 5) is 17.9. The molecule has 1 aromatic heterocycles. The van der Waals surface area contributed by atoms with Gasteiger partial charge in [0.1, 0.15) is 12.2 Å². The average molecular weight is 336 g/mol. The first-order valence-corrected chi connectivity index (χ1v) is 9.26. The predicted octanol–water partition coefficient (Wildman–Crippen LogP) is 1.90. The molecule has 0 unspecified atom stereocenters. The van der Waals surface area contributed by atoms with E-state index in [0.717, 1.165) is 37.2 Å². The van der Waals surface area contributed by atoms with E-state index in [0.29, 0.717) is 13.2 Å². The second-order valence-corrected chi connectivity index (χ2v) is 8.33. The topological polar surface area (TPSA) is 42.0 Å². The maximum Gasteiger partial charge on any atom is 0.253 e. The van der Waals surface area contributed by atoms with Crippen molar-refractivity contribution in [2.75, 3.05) is 50.9 Å². The third kappa shape index (κ3) is 3.45. The molecule has 126 valence electrons. The summed E-state index contributed by atoms with van der Waals surface area (Å²) in [5.41, 5.74) is -0.392. The Bertz CT molecular complexity index is 586. The van der Waals surface area contributed by atoms with Crippen LogP contribution in [0.1, 0.15) is 17.7 Å². The Kier molecular flexibility index (Phi) is 4.17. The van der Waals surface area contributed by atoms with Crippen LogP contribution in [0.4, 0.5) is 5.00 Å². The summed E-state index contributed by atoms with van der Waals surface area (Å²) >= 11 is 1.67. The van der Waals surface area contributed by atoms with Gasteiger partial charge in [-0.15, -0.1) is 11.3 Å². The number of ether oxygens (including phenoxy) is 2. The fourth-order valence-electron chi connectivity index (χ4n) is 3.47. The van der Waals surface area contributed by atoms with Gasteiger partial charge in [-0.2, -0.15) is 0 Å². The van der Waals surface area contributed by atoms with Crippen molar-refractivity contribution in [3.05, 3.63) is 17.0 Å². The zero-order valence-corrected chi connectivity index (χ0v) is 14.4. The molecule has 5 nitrogen and oxygen atoms in total. The van der Waals surface area contributed by atoms with Gasteiger partial charge >= 0.3 is 0 Å². The van der Waals surface area contributed by atoms with E-state index in [2.05, 4.69) is 17.9 Å². The molecule has 0 radical (unpaired) electrons. The minimum absolute atomic E-state index is 0.0514. The van der Waals surface area contributed by atoms with E-state index in [1.165, 1.54) is 17.7 Å². The van der Waals surface area contributed by atoms with Gasteiger partial charge in [0.2, 0.25) is 0 Å². The highest BCUT2D eigenvalue weighted by Gasteiger charge is 2.44. The summed E-state index contributed by atoms with van der Waals surface area (Å²) in [6, 6.07) is 4.11. The van der Waals surface area contributed by atoms with E-state index < -0.39 is 5.60 Å². The molecule has 1 saturated carbocycles. The maximum absolute atomic E-state index is 12.3. The van der Waals surface area contributed by atoms with Crippen molar-refractivity contribution in [3.63, 3.8) is 0 Å². The van der Waals surface area contributed by atoms with Gasteiger partial charge in [0, 0.05) is 24.5 Å². The van der Waals surface area contributed by atoms with Crippen molar-refractivity contribution in [3.8, 4) is 0 Å². The summed E-state index contributed by atoms with van der Waals surface area (Å²) in [6.07, 6.45) is 2.70. The molecule has 1 amide bonds. The third-order valence-electron chi connectivity index (χ3n) is 4.88. The van der Waals surface area contributed by atoms with Gasteiger partial charge in [-0.05, 0) is 37.8 Å². The summed E-state index contributed by atoms with van der Waals surface area (Å²) in [6.45, 7) is 7.10. The summed E-state index contributed by atoms with van der Waals surface area (Å²) in [5.74, 6) is 0.905. The number of nitrogens with zero attached hydrogens (tertiary/aromatic N) is 2. The zero-order chi connectivity index (χ0) is 15.9. The SMILES string of the molecule is Cc1ccc(N2C[C@]3(COCCN(CC4CC4)C3)OCC2=O)s1. The molecule has 6 heteroatoms. The number of anilines is 1. The number of carbonyl (C=O) groups is 1. The first kappa shape index (κ1) is 15.6. The second kappa shape index (κ2) is 6.16. The molecule has 1 aliphatic carbocycles. The lowest BCUT2D eigenvalue weighted by molar-refractivity contribution is -0.146. The maximum atomic E-state index is 12.3. The Morgan fingerprint density at radius 1 is 1.35 bits per heavy atom. The van der Waals surface area contributed by atoms with Crippen LogP contribution in [0.25, 0.3) is 0 Å². The fourth-order valence-corrected chi connectivity index (χ4v) is 4.35. The number of rotatable bonds is 3. The Balaban J connectivity index is 1.52. The molecule has 1 atom stereocenters. The predicted molar refractivity (Wildman–Crippen MR) is 90.1 cm³/mol. The van der Waals surface area contributed by atoms with Crippen LogP contribution in [0.15, 0.2) is 12.1 Å². The normalized spacial score (nSPS) is 30.0. The van der Waals surface area contributed by atoms with Crippen molar-refractivity contribution in [2.24, 2.45) is 5.92 Å². The molecule has 0 bridgehead atoms. The molecule has 4 rings (SSSR count). The molecule has 3 fully saturated rings. The van der Waals surface area contributed by atoms with E-state index in [1.54, 1.807) is 11.3 Å². The Morgan fingerprint density at radius 2 is 2.22 bits per heavy atom. The number of hydrogen-bond donors (Lipinski definition) is 0. The zero-order valence-electron chi connectivity index (χ0n) is 13.6. The fraction of sp³-hybridized carbons (Fsp3) is 0.706. The minimum Gasteiger partial charge on any atom is -0.377 e. The van der Waals surface area contributed by atoms with Crippen LogP contribution >= 0.6 is 11.3 Å². The first-order chi connectivity index (χ1) is 11.1. The van der Waals surface area contributed by atoms with Gasteiger partial charge in [-0.25, -0.2) is 0 Å². The van der Waals surface area contributed by atoms with Crippen LogP contribution in [-0.4, -0.2) is 62.4 Å². The van der Waals surface area contributed by atoms with Crippen molar-refractivity contribution >= 4 is 22.2 Å². The quantitative estimate of drug-likeness (QED) is 0.845. The van der Waals surface area contributed by atoms with Crippen LogP contribution in [0.2, 0.25) is 0 Å². The van der Waals surface area contributed by atoms with Crippen LogP contribution in [0.5, 0.6) is 0 Å². The molecule has 2 aliphatic heterocycles. The molecule has 23 heavy (non-hydrogen) atoms. The van der Waals surface area contributed by atoms with Crippen LogP contribution in [0.3, 0.4) is 0 Å². The van der Waals surface area contributed by atoms with Gasteiger partial charge in [0.25, 0.3) is 5.91 Å². The number of amides is 1. The highest BCUT2D eigenvalue weighted by Crippen LogP contribution is 2.34. The molecule has 3 heterocycles. The molecule has 0 aromatic carbocycles. The molecular weight excluding hydrogens is 312 g/mol. The second-order valence-electron chi connectivity index (χ2n) is 7.07. The molecular formula is C17H24N2O3S. The Hall–Kier alpha value is -0.950. The lowest BCUT2D eigenvalue weighted by Gasteiger charge is -2.42. The van der Waals surface area contributed by atoms with E-state index in [-0.39, 0.29) is 12.5 Å². The van der Waals surface area contributed by atoms with E-state index in [4.69, 9.17) is 9.47 Å². The first-order valence-electron chi connectivity index (χ1n) is 8.44. The number of morpholine rings is 1. The van der Waals surface area contributed by atoms with E-state index >= 15 is 0 Å². The standard InChI is InChI=1S/C17H24N2O3S/c1-13-2-5-16(23-13)19-11-17(22-9-15(19)20)10-18(6-7-21-12-17)8-14-3-4-14/h2,5,14H,3-4,6-12H2,1H3/t17-/m1/s1. The smallest absolute Gasteiger partial charge is 0.253 e. The van der Waals surface area contributed by atoms with Crippen molar-refractivity contribution in [1.29, 1.82) is 0 Å². The highest BCUT2D eigenvalue weighted by molar-refractivity contribution is 7.16. The van der Waals surface area contributed by atoms with Gasteiger partial charge in [-0.1, -0.05) is 0 Å². The van der Waals surface area contributed by atoms with Crippen molar-refractivity contribution in [1.82, 2.24) is 4.90 Å². The van der Waals surface area contributed by atoms with Crippen LogP contribution in [-0.2, 0) is 14.3 Å². The molecule has 1 spiro atoms. The number of aryl methyl sites for hydroxylation is 1. The molecule has 1 aromatic rings. The molecule has 2 saturated heterocycles. The van der Waals surface area contributed by atoms with Gasteiger partial charge in [0.15, 0.2) is 0 Å². The Labute approximate surface area is 141 Å². The monoisotopic (exact) mass is 336 g/mol. The number of thiophene rings is 1. The van der Waals surface area contributed by atoms with E-state index in [1.807, 2.05) is 11.0 Å². The van der Waals surface area contributed by atoms with Gasteiger partial charge in [0.05, 0.1) is 24.8 Å². The molecule has 0 N–H and O–H groups in total. The van der Waals surface area contributed by atoms with Gasteiger partial charge in [-0.3, -0.25) is 14.6 Å². The number of hydrogen-bond acceptors (Lipinski definition) is 5. The lowest BCUT2D eigenvalue weighted by atomic mass is 10.0. The minimum atomic E-state index is -0.392. The summed E-state index contributed by atoms with van der Waals surface area (Å²) in [7, 11) is 0. The largest absolute Gasteiger partial charge is 0.377 e. The third-order valence-corrected chi connectivity index (χ3v) is 5.91. The Morgan fingerprint density at radius 3 is 2.96 bits per heavy atom. The van der Waals surface area contributed by atoms with E-state index in [9.17, 15) is 4.79 Å². The highest BCUT2D eigenvalue weighted by atomic mass is 32.1. The number of carbonyl (C=O) groups excluding carboxylic acids is 1. The average Bonchev–Trinajstić information content (AvgIpc) is 3.28. The van der Waals surface area contributed by atoms with Crippen LogP contribution < -0.4 is 4.90 Å². The lowest BCUT2D eigenvalue weighted by Crippen LogP contribution is -2.60.